The van der Waals surface area contributed by atoms with Gasteiger partial charge in [0, 0.05) is 21.7 Å². The molecule has 0 aliphatic carbocycles. The van der Waals surface area contributed by atoms with Crippen LogP contribution in [0.1, 0.15) is 18.0 Å². The predicted molar refractivity (Wildman–Crippen MR) is 57.1 cm³/mol. The Kier molecular flexibility index (Phi) is 4.00. The molecule has 0 fully saturated rings. The van der Waals surface area contributed by atoms with Crippen molar-refractivity contribution in [3.8, 4) is 0 Å². The second kappa shape index (κ2) is 4.82. The molecule has 2 nitrogen and oxygen atoms in total. The number of halogens is 2. The van der Waals surface area contributed by atoms with Gasteiger partial charge in [0.25, 0.3) is 0 Å². The summed E-state index contributed by atoms with van der Waals surface area (Å²) in [6, 6.07) is 5.17. The van der Waals surface area contributed by atoms with Crippen LogP contribution < -0.4 is 11.5 Å². The van der Waals surface area contributed by atoms with E-state index in [2.05, 4.69) is 0 Å². The summed E-state index contributed by atoms with van der Waals surface area (Å²) in [5.41, 5.74) is 12.0. The van der Waals surface area contributed by atoms with E-state index in [1.54, 1.807) is 18.2 Å². The molecule has 1 aromatic carbocycles. The molecule has 13 heavy (non-hydrogen) atoms. The molecule has 0 aromatic heterocycles. The van der Waals surface area contributed by atoms with E-state index in [1.165, 1.54) is 0 Å². The van der Waals surface area contributed by atoms with Gasteiger partial charge in [-0.1, -0.05) is 29.3 Å². The summed E-state index contributed by atoms with van der Waals surface area (Å²) in [6.45, 7) is 0.530. The second-order valence-electron chi connectivity index (χ2n) is 2.82. The van der Waals surface area contributed by atoms with Gasteiger partial charge >= 0.3 is 0 Å². The van der Waals surface area contributed by atoms with Crippen molar-refractivity contribution in [2.45, 2.75) is 12.5 Å². The lowest BCUT2D eigenvalue weighted by Crippen LogP contribution is -2.16. The van der Waals surface area contributed by atoms with Crippen LogP contribution in [0, 0.1) is 0 Å². The van der Waals surface area contributed by atoms with Crippen LogP contribution in [-0.2, 0) is 0 Å². The number of hydrogen-bond donors (Lipinski definition) is 2. The van der Waals surface area contributed by atoms with Crippen molar-refractivity contribution in [2.24, 2.45) is 11.5 Å². The first-order chi connectivity index (χ1) is 6.16. The van der Waals surface area contributed by atoms with Gasteiger partial charge in [-0.25, -0.2) is 0 Å². The van der Waals surface area contributed by atoms with Crippen LogP contribution in [0.15, 0.2) is 18.2 Å². The van der Waals surface area contributed by atoms with E-state index < -0.39 is 0 Å². The molecule has 0 aliphatic heterocycles. The van der Waals surface area contributed by atoms with Gasteiger partial charge in [-0.15, -0.1) is 0 Å². The highest BCUT2D eigenvalue weighted by Crippen LogP contribution is 2.30. The predicted octanol–water partition coefficient (Wildman–Crippen LogP) is 2.34. The second-order valence-corrected chi connectivity index (χ2v) is 3.63. The maximum atomic E-state index is 5.95. The lowest BCUT2D eigenvalue weighted by atomic mass is 10.0. The van der Waals surface area contributed by atoms with Gasteiger partial charge in [-0.05, 0) is 25.1 Å². The van der Waals surface area contributed by atoms with Crippen LogP contribution >= 0.6 is 23.2 Å². The highest BCUT2D eigenvalue weighted by molar-refractivity contribution is 6.36. The minimum absolute atomic E-state index is 0.175. The van der Waals surface area contributed by atoms with Crippen molar-refractivity contribution in [1.82, 2.24) is 0 Å². The van der Waals surface area contributed by atoms with E-state index in [4.69, 9.17) is 34.7 Å². The first kappa shape index (κ1) is 10.8. The summed E-state index contributed by atoms with van der Waals surface area (Å²) in [4.78, 5) is 0. The van der Waals surface area contributed by atoms with Gasteiger partial charge < -0.3 is 11.5 Å². The van der Waals surface area contributed by atoms with Gasteiger partial charge in [-0.2, -0.15) is 0 Å². The van der Waals surface area contributed by atoms with E-state index >= 15 is 0 Å². The zero-order valence-electron chi connectivity index (χ0n) is 7.13. The SMILES string of the molecule is NCCC(N)c1c(Cl)cccc1Cl. The topological polar surface area (TPSA) is 52.0 Å². The zero-order valence-corrected chi connectivity index (χ0v) is 8.65. The molecule has 72 valence electrons. The van der Waals surface area contributed by atoms with Crippen molar-refractivity contribution in [3.63, 3.8) is 0 Å². The maximum absolute atomic E-state index is 5.95. The minimum atomic E-state index is -0.175. The largest absolute Gasteiger partial charge is 0.330 e. The monoisotopic (exact) mass is 218 g/mol. The third-order valence-corrected chi connectivity index (χ3v) is 2.51. The highest BCUT2D eigenvalue weighted by Gasteiger charge is 2.12. The van der Waals surface area contributed by atoms with Crippen molar-refractivity contribution < 1.29 is 0 Å². The summed E-state index contributed by atoms with van der Waals surface area (Å²) < 4.78 is 0. The van der Waals surface area contributed by atoms with E-state index in [0.717, 1.165) is 5.56 Å². The number of benzene rings is 1. The van der Waals surface area contributed by atoms with Crippen molar-refractivity contribution in [3.05, 3.63) is 33.8 Å². The average molecular weight is 219 g/mol. The Morgan fingerprint density at radius 3 is 2.23 bits per heavy atom. The Bertz CT molecular complexity index is 269. The molecule has 0 amide bonds. The maximum Gasteiger partial charge on any atom is 0.0468 e. The van der Waals surface area contributed by atoms with Gasteiger partial charge in [0.1, 0.15) is 0 Å². The number of rotatable bonds is 3. The Hall–Kier alpha value is -0.280. The normalized spacial score (nSPS) is 12.9. The summed E-state index contributed by atoms with van der Waals surface area (Å²) in [5.74, 6) is 0. The highest BCUT2D eigenvalue weighted by atomic mass is 35.5. The van der Waals surface area contributed by atoms with Crippen molar-refractivity contribution in [1.29, 1.82) is 0 Å². The molecule has 1 rings (SSSR count). The molecule has 0 saturated carbocycles. The molecule has 4 heteroatoms. The Balaban J connectivity index is 2.98. The first-order valence-corrected chi connectivity index (χ1v) is 4.82. The number of nitrogens with two attached hydrogens (primary N) is 2. The minimum Gasteiger partial charge on any atom is -0.330 e. The molecule has 1 aromatic rings. The van der Waals surface area contributed by atoms with Crippen LogP contribution in [-0.4, -0.2) is 6.54 Å². The third-order valence-electron chi connectivity index (χ3n) is 1.85. The van der Waals surface area contributed by atoms with Gasteiger partial charge in [-0.3, -0.25) is 0 Å². The van der Waals surface area contributed by atoms with Crippen LogP contribution in [0.3, 0.4) is 0 Å². The van der Waals surface area contributed by atoms with Crippen LogP contribution in [0.2, 0.25) is 10.0 Å². The summed E-state index contributed by atoms with van der Waals surface area (Å²) in [7, 11) is 0. The fourth-order valence-electron chi connectivity index (χ4n) is 1.19. The molecular weight excluding hydrogens is 207 g/mol. The number of hydrogen-bond acceptors (Lipinski definition) is 2. The van der Waals surface area contributed by atoms with E-state index in [-0.39, 0.29) is 6.04 Å². The van der Waals surface area contributed by atoms with Gasteiger partial charge in [0.05, 0.1) is 0 Å². The van der Waals surface area contributed by atoms with E-state index in [0.29, 0.717) is 23.0 Å². The average Bonchev–Trinajstić information content (AvgIpc) is 2.04. The fraction of sp³-hybridized carbons (Fsp3) is 0.333. The van der Waals surface area contributed by atoms with Crippen LogP contribution in [0.4, 0.5) is 0 Å². The zero-order chi connectivity index (χ0) is 9.84. The Morgan fingerprint density at radius 1 is 1.23 bits per heavy atom. The molecular formula is C9H12Cl2N2. The van der Waals surface area contributed by atoms with E-state index in [9.17, 15) is 0 Å². The summed E-state index contributed by atoms with van der Waals surface area (Å²) in [6.07, 6.45) is 0.684. The lowest BCUT2D eigenvalue weighted by molar-refractivity contribution is 0.662. The van der Waals surface area contributed by atoms with Crippen LogP contribution in [0.25, 0.3) is 0 Å². The molecule has 0 radical (unpaired) electrons. The summed E-state index contributed by atoms with van der Waals surface area (Å²) >= 11 is 11.9. The molecule has 0 aliphatic rings. The molecule has 1 atom stereocenters. The molecule has 0 heterocycles. The first-order valence-electron chi connectivity index (χ1n) is 4.06. The van der Waals surface area contributed by atoms with E-state index in [1.807, 2.05) is 0 Å². The Labute approximate surface area is 87.8 Å². The molecule has 0 bridgehead atoms. The van der Waals surface area contributed by atoms with Gasteiger partial charge in [0.2, 0.25) is 0 Å². The van der Waals surface area contributed by atoms with Crippen molar-refractivity contribution >= 4 is 23.2 Å². The molecule has 4 N–H and O–H groups in total. The van der Waals surface area contributed by atoms with Crippen LogP contribution in [0.5, 0.6) is 0 Å². The molecule has 0 saturated heterocycles. The quantitative estimate of drug-likeness (QED) is 0.819. The third kappa shape index (κ3) is 2.58. The Morgan fingerprint density at radius 2 is 1.77 bits per heavy atom. The smallest absolute Gasteiger partial charge is 0.0468 e. The molecule has 1 unspecified atom stereocenters. The standard InChI is InChI=1S/C9H12Cl2N2/c10-6-2-1-3-7(11)9(6)8(13)4-5-12/h1-3,8H,4-5,12-13H2. The fourth-order valence-corrected chi connectivity index (χ4v) is 1.87. The summed E-state index contributed by atoms with van der Waals surface area (Å²) in [5, 5.41) is 1.21. The van der Waals surface area contributed by atoms with Crippen molar-refractivity contribution in [2.75, 3.05) is 6.54 Å². The lowest BCUT2D eigenvalue weighted by Gasteiger charge is -2.13. The molecule has 0 spiro atoms. The van der Waals surface area contributed by atoms with Gasteiger partial charge in [0.15, 0.2) is 0 Å².